The van der Waals surface area contributed by atoms with Crippen LogP contribution in [0.15, 0.2) is 61.2 Å². The molecular weight excluding hydrogens is 432 g/mol. The Bertz CT molecular complexity index is 990. The van der Waals surface area contributed by atoms with Crippen LogP contribution in [0.3, 0.4) is 0 Å². The number of fused-ring (bicyclic) bond motifs is 3. The van der Waals surface area contributed by atoms with Crippen molar-refractivity contribution in [3.8, 4) is 11.1 Å². The van der Waals surface area contributed by atoms with Crippen LogP contribution in [-0.4, -0.2) is 41.8 Å². The molecule has 180 valence electrons. The highest BCUT2D eigenvalue weighted by Gasteiger charge is 2.30. The lowest BCUT2D eigenvalue weighted by Crippen LogP contribution is -2.49. The van der Waals surface area contributed by atoms with Crippen molar-refractivity contribution in [1.82, 2.24) is 10.6 Å². The molecule has 3 rings (SSSR count). The number of amides is 2. The third kappa shape index (κ3) is 6.25. The fraction of sp³-hybridized carbons (Fsp3) is 0.370. The molecule has 1 aliphatic carbocycles. The summed E-state index contributed by atoms with van der Waals surface area (Å²) >= 11 is 0. The summed E-state index contributed by atoms with van der Waals surface area (Å²) in [5.74, 6) is -1.33. The minimum Gasteiger partial charge on any atom is -0.481 e. The third-order valence-corrected chi connectivity index (χ3v) is 6.16. The van der Waals surface area contributed by atoms with Gasteiger partial charge >= 0.3 is 12.1 Å². The van der Waals surface area contributed by atoms with E-state index in [1.165, 1.54) is 0 Å². The monoisotopic (exact) mass is 464 g/mol. The molecule has 0 saturated carbocycles. The predicted octanol–water partition coefficient (Wildman–Crippen LogP) is 4.62. The van der Waals surface area contributed by atoms with E-state index in [2.05, 4.69) is 29.3 Å². The van der Waals surface area contributed by atoms with Crippen LogP contribution in [0.2, 0.25) is 0 Å². The first-order valence-electron chi connectivity index (χ1n) is 11.7. The van der Waals surface area contributed by atoms with Crippen LogP contribution >= 0.6 is 0 Å². The molecule has 0 heterocycles. The number of aliphatic carboxylic acids is 1. The zero-order valence-electron chi connectivity index (χ0n) is 19.5. The molecule has 1 aliphatic rings. The largest absolute Gasteiger partial charge is 0.481 e. The van der Waals surface area contributed by atoms with E-state index in [1.807, 2.05) is 43.3 Å². The molecule has 7 heteroatoms. The molecule has 2 aromatic carbocycles. The number of carbonyl (C=O) groups excluding carboxylic acids is 2. The number of nitrogens with one attached hydrogen (secondary N) is 2. The maximum Gasteiger partial charge on any atom is 0.407 e. The van der Waals surface area contributed by atoms with Gasteiger partial charge in [-0.25, -0.2) is 4.79 Å². The Morgan fingerprint density at radius 3 is 2.21 bits per heavy atom. The van der Waals surface area contributed by atoms with Crippen LogP contribution in [-0.2, 0) is 14.3 Å². The van der Waals surface area contributed by atoms with Gasteiger partial charge in [-0.15, -0.1) is 6.58 Å². The molecular formula is C27H32N2O5. The number of allylic oxidation sites excluding steroid dienone is 1. The van der Waals surface area contributed by atoms with Gasteiger partial charge in [0.25, 0.3) is 0 Å². The van der Waals surface area contributed by atoms with Crippen molar-refractivity contribution in [3.63, 3.8) is 0 Å². The molecule has 0 aromatic heterocycles. The summed E-state index contributed by atoms with van der Waals surface area (Å²) in [7, 11) is 0. The van der Waals surface area contributed by atoms with Crippen molar-refractivity contribution in [2.24, 2.45) is 0 Å². The van der Waals surface area contributed by atoms with E-state index in [4.69, 9.17) is 9.84 Å². The zero-order chi connectivity index (χ0) is 24.5. The van der Waals surface area contributed by atoms with Gasteiger partial charge < -0.3 is 20.5 Å². The van der Waals surface area contributed by atoms with Crippen LogP contribution in [0, 0.1) is 0 Å². The van der Waals surface area contributed by atoms with Gasteiger partial charge in [-0.2, -0.15) is 0 Å². The number of carbonyl (C=O) groups is 3. The van der Waals surface area contributed by atoms with E-state index in [9.17, 15) is 14.4 Å². The normalized spacial score (nSPS) is 13.8. The quantitative estimate of drug-likeness (QED) is 0.398. The number of hydrogen-bond acceptors (Lipinski definition) is 4. The summed E-state index contributed by atoms with van der Waals surface area (Å²) in [6, 6.07) is 15.1. The Morgan fingerprint density at radius 1 is 1.03 bits per heavy atom. The smallest absolute Gasteiger partial charge is 0.407 e. The molecule has 3 N–H and O–H groups in total. The van der Waals surface area contributed by atoms with Gasteiger partial charge in [-0.3, -0.25) is 9.59 Å². The summed E-state index contributed by atoms with van der Waals surface area (Å²) in [4.78, 5) is 36.3. The number of alkyl carbamates (subject to hydrolysis) is 1. The van der Waals surface area contributed by atoms with Gasteiger partial charge in [0.1, 0.15) is 12.6 Å². The summed E-state index contributed by atoms with van der Waals surface area (Å²) in [5, 5.41) is 14.4. The minimum atomic E-state index is -0.910. The van der Waals surface area contributed by atoms with E-state index in [1.54, 1.807) is 6.08 Å². The molecule has 2 amide bonds. The number of rotatable bonds is 12. The molecule has 0 bridgehead atoms. The van der Waals surface area contributed by atoms with Crippen molar-refractivity contribution < 1.29 is 24.2 Å². The molecule has 0 saturated heterocycles. The van der Waals surface area contributed by atoms with Crippen LogP contribution in [0.5, 0.6) is 0 Å². The van der Waals surface area contributed by atoms with Crippen molar-refractivity contribution in [1.29, 1.82) is 0 Å². The summed E-state index contributed by atoms with van der Waals surface area (Å²) < 4.78 is 5.58. The van der Waals surface area contributed by atoms with Gasteiger partial charge in [0, 0.05) is 18.4 Å². The highest BCUT2D eigenvalue weighted by atomic mass is 16.5. The number of ether oxygens (including phenoxy) is 1. The second-order valence-corrected chi connectivity index (χ2v) is 8.43. The van der Waals surface area contributed by atoms with E-state index in [0.29, 0.717) is 25.7 Å². The molecule has 0 radical (unpaired) electrons. The standard InChI is InChI=1S/C27H32N2O5/c1-3-5-14-24(26(32)28-18(4-2)15-16-25(30)31)29-27(33)34-17-23-21-12-8-6-10-19(21)20-11-7-9-13-22(20)23/h3,6-13,18,23-24H,1,4-5,14-17H2,2H3,(H,28,32)(H,29,33)(H,30,31). The van der Waals surface area contributed by atoms with E-state index < -0.39 is 18.1 Å². The van der Waals surface area contributed by atoms with Crippen LogP contribution in [0.4, 0.5) is 4.79 Å². The number of hydrogen-bond donors (Lipinski definition) is 3. The Kier molecular flexibility index (Phi) is 8.85. The molecule has 7 nitrogen and oxygen atoms in total. The Hall–Kier alpha value is -3.61. The molecule has 2 aromatic rings. The topological polar surface area (TPSA) is 105 Å². The lowest BCUT2D eigenvalue weighted by molar-refractivity contribution is -0.137. The van der Waals surface area contributed by atoms with E-state index in [0.717, 1.165) is 22.3 Å². The lowest BCUT2D eigenvalue weighted by Gasteiger charge is -2.22. The van der Waals surface area contributed by atoms with Gasteiger partial charge in [0.15, 0.2) is 0 Å². The van der Waals surface area contributed by atoms with Crippen molar-refractivity contribution in [2.75, 3.05) is 6.61 Å². The first kappa shape index (κ1) is 25.0. The molecule has 0 aliphatic heterocycles. The minimum absolute atomic E-state index is 0.0318. The van der Waals surface area contributed by atoms with Gasteiger partial charge in [-0.1, -0.05) is 61.5 Å². The van der Waals surface area contributed by atoms with Crippen LogP contribution < -0.4 is 10.6 Å². The highest BCUT2D eigenvalue weighted by Crippen LogP contribution is 2.44. The van der Waals surface area contributed by atoms with Gasteiger partial charge in [-0.05, 0) is 47.9 Å². The molecule has 2 unspecified atom stereocenters. The Labute approximate surface area is 200 Å². The molecule has 0 spiro atoms. The first-order valence-corrected chi connectivity index (χ1v) is 11.7. The lowest BCUT2D eigenvalue weighted by atomic mass is 9.98. The Morgan fingerprint density at radius 2 is 1.65 bits per heavy atom. The fourth-order valence-corrected chi connectivity index (χ4v) is 4.31. The zero-order valence-corrected chi connectivity index (χ0v) is 19.5. The maximum absolute atomic E-state index is 12.8. The third-order valence-electron chi connectivity index (χ3n) is 6.16. The first-order chi connectivity index (χ1) is 16.4. The fourth-order valence-electron chi connectivity index (χ4n) is 4.31. The summed E-state index contributed by atoms with van der Waals surface area (Å²) in [6.07, 6.45) is 2.82. The van der Waals surface area contributed by atoms with E-state index in [-0.39, 0.29) is 30.9 Å². The predicted molar refractivity (Wildman–Crippen MR) is 131 cm³/mol. The molecule has 34 heavy (non-hydrogen) atoms. The molecule has 2 atom stereocenters. The Balaban J connectivity index is 1.62. The van der Waals surface area contributed by atoms with Crippen LogP contribution in [0.1, 0.15) is 56.1 Å². The number of benzene rings is 2. The van der Waals surface area contributed by atoms with Crippen molar-refractivity contribution in [2.45, 2.75) is 57.0 Å². The average Bonchev–Trinajstić information content (AvgIpc) is 3.16. The summed E-state index contributed by atoms with van der Waals surface area (Å²) in [5.41, 5.74) is 4.51. The van der Waals surface area contributed by atoms with Crippen LogP contribution in [0.25, 0.3) is 11.1 Å². The second-order valence-electron chi connectivity index (χ2n) is 8.43. The second kappa shape index (κ2) is 12.0. The van der Waals surface area contributed by atoms with E-state index >= 15 is 0 Å². The molecule has 0 fully saturated rings. The van der Waals surface area contributed by atoms with Crippen molar-refractivity contribution >= 4 is 18.0 Å². The van der Waals surface area contributed by atoms with Gasteiger partial charge in [0.05, 0.1) is 0 Å². The summed E-state index contributed by atoms with van der Waals surface area (Å²) in [6.45, 7) is 5.73. The highest BCUT2D eigenvalue weighted by molar-refractivity contribution is 5.86. The SMILES string of the molecule is C=CCCC(NC(=O)OCC1c2ccccc2-c2ccccc21)C(=O)NC(CC)CCC(=O)O. The average molecular weight is 465 g/mol. The van der Waals surface area contributed by atoms with Gasteiger partial charge in [0.2, 0.25) is 5.91 Å². The van der Waals surface area contributed by atoms with Crippen molar-refractivity contribution in [3.05, 3.63) is 72.3 Å². The number of carboxylic acids is 1. The number of carboxylic acid groups (broad SMARTS) is 1. The maximum atomic E-state index is 12.8.